The van der Waals surface area contributed by atoms with E-state index in [0.717, 1.165) is 66.4 Å². The highest BCUT2D eigenvalue weighted by atomic mass is 35.5. The van der Waals surface area contributed by atoms with Crippen molar-refractivity contribution < 1.29 is 4.42 Å². The molecule has 50 heavy (non-hydrogen) atoms. The Labute approximate surface area is 295 Å². The lowest BCUT2D eigenvalue weighted by atomic mass is 9.97. The fraction of sp³-hybridized carbons (Fsp3) is 0.0222. The van der Waals surface area contributed by atoms with Crippen molar-refractivity contribution in [2.75, 3.05) is 0 Å². The zero-order chi connectivity index (χ0) is 33.9. The summed E-state index contributed by atoms with van der Waals surface area (Å²) in [6.07, 6.45) is 0. The van der Waals surface area contributed by atoms with Gasteiger partial charge in [0, 0.05) is 26.9 Å². The number of nitrogens with zero attached hydrogens (tertiary/aromatic N) is 2. The summed E-state index contributed by atoms with van der Waals surface area (Å²) in [5.74, 6) is 0.894. The molecule has 7 aromatic carbocycles. The summed E-state index contributed by atoms with van der Waals surface area (Å²) in [5, 5.41) is 2.69. The molecule has 2 N–H and O–H groups in total. The van der Waals surface area contributed by atoms with Crippen LogP contribution >= 0.6 is 11.6 Å². The molecule has 1 aromatic heterocycles. The van der Waals surface area contributed by atoms with E-state index in [1.54, 1.807) is 0 Å². The van der Waals surface area contributed by atoms with Crippen LogP contribution in [-0.4, -0.2) is 11.7 Å². The Balaban J connectivity index is 1.18. The first-order valence-corrected chi connectivity index (χ1v) is 16.9. The number of nitrogens with two attached hydrogens (primary N) is 1. The van der Waals surface area contributed by atoms with Crippen LogP contribution in [0.25, 0.3) is 55.3 Å². The zero-order valence-electron chi connectivity index (χ0n) is 27.1. The van der Waals surface area contributed by atoms with Crippen molar-refractivity contribution in [3.63, 3.8) is 0 Å². The molecule has 0 aliphatic rings. The average Bonchev–Trinajstić information content (AvgIpc) is 3.55. The molecule has 0 fully saturated rings. The highest BCUT2D eigenvalue weighted by Crippen LogP contribution is 2.34. The van der Waals surface area contributed by atoms with Crippen molar-refractivity contribution in [1.29, 1.82) is 0 Å². The van der Waals surface area contributed by atoms with E-state index >= 15 is 0 Å². The van der Waals surface area contributed by atoms with Gasteiger partial charge in [-0.15, -0.1) is 0 Å². The van der Waals surface area contributed by atoms with E-state index in [1.165, 1.54) is 5.56 Å². The van der Waals surface area contributed by atoms with E-state index < -0.39 is 0 Å². The lowest BCUT2D eigenvalue weighted by Crippen LogP contribution is -2.17. The van der Waals surface area contributed by atoms with E-state index in [9.17, 15) is 0 Å². The molecule has 0 unspecified atom stereocenters. The van der Waals surface area contributed by atoms with Gasteiger partial charge in [-0.1, -0.05) is 145 Å². The average molecular weight is 666 g/mol. The molecule has 0 saturated heterocycles. The quantitative estimate of drug-likeness (QED) is 0.136. The zero-order valence-corrected chi connectivity index (χ0v) is 27.9. The van der Waals surface area contributed by atoms with Gasteiger partial charge in [-0.2, -0.15) is 0 Å². The molecule has 0 saturated carbocycles. The molecule has 1 heterocycles. The predicted octanol–water partition coefficient (Wildman–Crippen LogP) is 11.6. The van der Waals surface area contributed by atoms with Crippen molar-refractivity contribution in [2.24, 2.45) is 15.7 Å². The van der Waals surface area contributed by atoms with Crippen LogP contribution in [0.5, 0.6) is 0 Å². The third kappa shape index (κ3) is 6.45. The maximum atomic E-state index is 6.89. The van der Waals surface area contributed by atoms with Gasteiger partial charge in [-0.05, 0) is 75.3 Å². The molecule has 0 atom stereocenters. The Morgan fingerprint density at radius 1 is 0.540 bits per heavy atom. The number of halogens is 1. The highest BCUT2D eigenvalue weighted by Gasteiger charge is 2.15. The van der Waals surface area contributed by atoms with E-state index in [2.05, 4.69) is 97.1 Å². The van der Waals surface area contributed by atoms with Gasteiger partial charge in [0.05, 0.1) is 6.54 Å². The number of para-hydroxylation sites is 1. The van der Waals surface area contributed by atoms with Crippen LogP contribution in [0.3, 0.4) is 0 Å². The maximum absolute atomic E-state index is 6.89. The molecular weight excluding hydrogens is 634 g/mol. The molecule has 0 aliphatic carbocycles. The molecule has 8 rings (SSSR count). The van der Waals surface area contributed by atoms with Crippen LogP contribution in [0, 0.1) is 0 Å². The van der Waals surface area contributed by atoms with E-state index in [-0.39, 0.29) is 0 Å². The first kappa shape index (κ1) is 31.1. The standard InChI is InChI=1S/C45H32ClN3O/c46-37-24-25-39(40(28-37)36-23-26-43-41(27-36)38-13-7-8-14-42(38)50-43)44(47)49-45(35-21-19-34(20-22-35)32-11-5-2-6-12-32)48-29-30-15-17-33(18-16-30)31-9-3-1-4-10-31/h1-28H,29H2,(H2,47,48,49). The Hall–Kier alpha value is -6.23. The Morgan fingerprint density at radius 3 is 1.82 bits per heavy atom. The lowest BCUT2D eigenvalue weighted by molar-refractivity contribution is 0.669. The van der Waals surface area contributed by atoms with Crippen molar-refractivity contribution in [3.8, 4) is 33.4 Å². The van der Waals surface area contributed by atoms with E-state index in [1.807, 2.05) is 72.8 Å². The number of fused-ring (bicyclic) bond motifs is 3. The molecule has 0 aliphatic heterocycles. The van der Waals surface area contributed by atoms with Crippen molar-refractivity contribution in [2.45, 2.75) is 6.54 Å². The first-order chi connectivity index (χ1) is 24.6. The third-order valence-electron chi connectivity index (χ3n) is 8.89. The molecule has 0 amide bonds. The van der Waals surface area contributed by atoms with Crippen LogP contribution in [0.1, 0.15) is 16.7 Å². The number of benzene rings is 7. The monoisotopic (exact) mass is 665 g/mol. The fourth-order valence-electron chi connectivity index (χ4n) is 6.28. The second-order valence-corrected chi connectivity index (χ2v) is 12.6. The smallest absolute Gasteiger partial charge is 0.157 e. The van der Waals surface area contributed by atoms with Gasteiger partial charge in [0.1, 0.15) is 17.0 Å². The number of hydrogen-bond acceptors (Lipinski definition) is 2. The summed E-state index contributed by atoms with van der Waals surface area (Å²) in [6.45, 7) is 0.444. The molecule has 0 spiro atoms. The number of aliphatic imine (C=N–C) groups is 2. The molecule has 0 bridgehead atoms. The molecule has 240 valence electrons. The van der Waals surface area contributed by atoms with Gasteiger partial charge in [-0.3, -0.25) is 4.99 Å². The number of furan rings is 1. The Morgan fingerprint density at radius 2 is 1.12 bits per heavy atom. The van der Waals surface area contributed by atoms with Crippen molar-refractivity contribution >= 4 is 45.2 Å². The predicted molar refractivity (Wildman–Crippen MR) is 209 cm³/mol. The van der Waals surface area contributed by atoms with Gasteiger partial charge in [0.15, 0.2) is 5.84 Å². The van der Waals surface area contributed by atoms with E-state index in [0.29, 0.717) is 23.2 Å². The number of hydrogen-bond donors (Lipinski definition) is 1. The summed E-state index contributed by atoms with van der Waals surface area (Å²) in [4.78, 5) is 10.0. The van der Waals surface area contributed by atoms with Crippen LogP contribution in [0.4, 0.5) is 0 Å². The second kappa shape index (κ2) is 13.7. The van der Waals surface area contributed by atoms with Crippen LogP contribution < -0.4 is 5.73 Å². The van der Waals surface area contributed by atoms with Gasteiger partial charge in [0.25, 0.3) is 0 Å². The molecule has 5 heteroatoms. The molecular formula is C45H32ClN3O. The van der Waals surface area contributed by atoms with Crippen LogP contribution in [0.15, 0.2) is 184 Å². The summed E-state index contributed by atoms with van der Waals surface area (Å²) in [7, 11) is 0. The van der Waals surface area contributed by atoms with Crippen molar-refractivity contribution in [1.82, 2.24) is 0 Å². The summed E-state index contributed by atoms with van der Waals surface area (Å²) >= 11 is 6.58. The highest BCUT2D eigenvalue weighted by molar-refractivity contribution is 6.31. The largest absolute Gasteiger partial charge is 0.456 e. The Kier molecular flexibility index (Phi) is 8.52. The molecule has 4 nitrogen and oxygen atoms in total. The summed E-state index contributed by atoms with van der Waals surface area (Å²) in [6, 6.07) is 57.3. The van der Waals surface area contributed by atoms with Crippen LogP contribution in [0.2, 0.25) is 5.02 Å². The van der Waals surface area contributed by atoms with Gasteiger partial charge in [0.2, 0.25) is 0 Å². The first-order valence-electron chi connectivity index (χ1n) is 16.5. The van der Waals surface area contributed by atoms with Gasteiger partial charge >= 0.3 is 0 Å². The number of amidine groups is 2. The third-order valence-corrected chi connectivity index (χ3v) is 9.13. The van der Waals surface area contributed by atoms with Crippen molar-refractivity contribution in [3.05, 3.63) is 192 Å². The molecule has 8 aromatic rings. The topological polar surface area (TPSA) is 63.9 Å². The maximum Gasteiger partial charge on any atom is 0.157 e. The minimum absolute atomic E-state index is 0.346. The van der Waals surface area contributed by atoms with Crippen LogP contribution in [-0.2, 0) is 6.54 Å². The van der Waals surface area contributed by atoms with E-state index in [4.69, 9.17) is 31.7 Å². The fourth-order valence-corrected chi connectivity index (χ4v) is 6.45. The summed E-state index contributed by atoms with van der Waals surface area (Å²) in [5.41, 5.74) is 17.7. The minimum atomic E-state index is 0.346. The second-order valence-electron chi connectivity index (χ2n) is 12.1. The molecule has 0 radical (unpaired) electrons. The summed E-state index contributed by atoms with van der Waals surface area (Å²) < 4.78 is 6.09. The SMILES string of the molecule is N/C(=N\C(=N/Cc1ccc(-c2ccccc2)cc1)c1ccc(-c2ccccc2)cc1)c1ccc(Cl)cc1-c1ccc2oc3ccccc3c2c1. The lowest BCUT2D eigenvalue weighted by Gasteiger charge is -2.12. The Bertz CT molecular complexity index is 2500. The normalized spacial score (nSPS) is 12.1. The minimum Gasteiger partial charge on any atom is -0.456 e. The van der Waals surface area contributed by atoms with Gasteiger partial charge < -0.3 is 10.2 Å². The number of rotatable bonds is 7. The van der Waals surface area contributed by atoms with Gasteiger partial charge in [-0.25, -0.2) is 4.99 Å².